The summed E-state index contributed by atoms with van der Waals surface area (Å²) in [7, 11) is 0. The van der Waals surface area contributed by atoms with Gasteiger partial charge in [-0.25, -0.2) is 4.79 Å². The Balaban J connectivity index is 1.21. The second-order valence-corrected chi connectivity index (χ2v) is 17.1. The van der Waals surface area contributed by atoms with Crippen LogP contribution in [0.15, 0.2) is 35.9 Å². The van der Waals surface area contributed by atoms with Crippen molar-refractivity contribution >= 4 is 12.0 Å². The fourth-order valence-electron chi connectivity index (χ4n) is 11.5. The molecule has 0 aliphatic heterocycles. The van der Waals surface area contributed by atoms with Crippen LogP contribution in [0.25, 0.3) is 6.08 Å². The number of fused-ring (bicyclic) bond motifs is 7. The summed E-state index contributed by atoms with van der Waals surface area (Å²) < 4.78 is 5.87. The third kappa shape index (κ3) is 4.80. The maximum Gasteiger partial charge on any atom is 0.330 e. The molecule has 0 heterocycles. The summed E-state index contributed by atoms with van der Waals surface area (Å²) in [6, 6.07) is 4.52. The number of esters is 1. The van der Waals surface area contributed by atoms with Gasteiger partial charge in [-0.15, -0.1) is 0 Å². The quantitative estimate of drug-likeness (QED) is 0.159. The number of rotatable bonds is 4. The van der Waals surface area contributed by atoms with Gasteiger partial charge in [-0.05, 0) is 139 Å². The van der Waals surface area contributed by atoms with Crippen molar-refractivity contribution in [2.75, 3.05) is 6.61 Å². The number of ether oxygens (including phenoxy) is 1. The number of hydrogen-bond acceptors (Lipinski definition) is 4. The van der Waals surface area contributed by atoms with Gasteiger partial charge in [-0.2, -0.15) is 0 Å². The number of hydrogen-bond donors (Lipinski definition) is 2. The Bertz CT molecular complexity index is 1330. The van der Waals surface area contributed by atoms with Crippen LogP contribution in [0.4, 0.5) is 0 Å². The van der Waals surface area contributed by atoms with Crippen LogP contribution in [0.5, 0.6) is 11.5 Å². The van der Waals surface area contributed by atoms with Crippen LogP contribution in [-0.2, 0) is 9.53 Å². The van der Waals surface area contributed by atoms with E-state index in [4.69, 9.17) is 4.74 Å². The van der Waals surface area contributed by atoms with E-state index in [2.05, 4.69) is 54.5 Å². The van der Waals surface area contributed by atoms with E-state index in [9.17, 15) is 15.0 Å². The Morgan fingerprint density at radius 2 is 1.70 bits per heavy atom. The molecular weight excluding hydrogens is 532 g/mol. The zero-order valence-electron chi connectivity index (χ0n) is 27.8. The summed E-state index contributed by atoms with van der Waals surface area (Å²) in [5.74, 6) is 3.14. The molecule has 5 aliphatic rings. The van der Waals surface area contributed by atoms with Crippen molar-refractivity contribution in [3.05, 3.63) is 41.5 Å². The number of benzene rings is 1. The zero-order valence-corrected chi connectivity index (χ0v) is 27.8. The van der Waals surface area contributed by atoms with Crippen molar-refractivity contribution in [3.8, 4) is 11.5 Å². The first-order chi connectivity index (χ1) is 20.1. The van der Waals surface area contributed by atoms with Crippen LogP contribution in [0.1, 0.15) is 118 Å². The Morgan fingerprint density at radius 3 is 2.44 bits per heavy atom. The number of aromatic hydroxyl groups is 2. The molecule has 6 rings (SSSR count). The van der Waals surface area contributed by atoms with E-state index in [-0.39, 0.29) is 28.3 Å². The summed E-state index contributed by atoms with van der Waals surface area (Å²) in [6.45, 7) is 18.4. The van der Waals surface area contributed by atoms with Gasteiger partial charge in [0.1, 0.15) is 0 Å². The van der Waals surface area contributed by atoms with Gasteiger partial charge in [-0.3, -0.25) is 0 Å². The highest BCUT2D eigenvalue weighted by Gasteiger charge is 2.66. The maximum absolute atomic E-state index is 12.7. The van der Waals surface area contributed by atoms with Crippen molar-refractivity contribution in [1.82, 2.24) is 0 Å². The monoisotopic (exact) mass is 588 g/mol. The van der Waals surface area contributed by atoms with Crippen LogP contribution in [0, 0.1) is 56.7 Å². The van der Waals surface area contributed by atoms with Crippen LogP contribution >= 0.6 is 0 Å². The second-order valence-electron chi connectivity index (χ2n) is 17.1. The van der Waals surface area contributed by atoms with Gasteiger partial charge in [0.05, 0.1) is 6.61 Å². The molecule has 4 fully saturated rings. The molecule has 10 unspecified atom stereocenters. The van der Waals surface area contributed by atoms with E-state index in [0.717, 1.165) is 36.5 Å². The number of phenols is 2. The van der Waals surface area contributed by atoms with Crippen LogP contribution < -0.4 is 0 Å². The number of carbonyl (C=O) groups is 1. The molecule has 43 heavy (non-hydrogen) atoms. The lowest BCUT2D eigenvalue weighted by Gasteiger charge is -2.70. The number of allylic oxidation sites excluding steroid dienone is 2. The van der Waals surface area contributed by atoms with E-state index in [1.165, 1.54) is 69.6 Å². The first kappa shape index (κ1) is 30.8. The van der Waals surface area contributed by atoms with Crippen molar-refractivity contribution in [3.63, 3.8) is 0 Å². The van der Waals surface area contributed by atoms with E-state index in [0.29, 0.717) is 34.3 Å². The van der Waals surface area contributed by atoms with E-state index in [1.807, 2.05) is 0 Å². The van der Waals surface area contributed by atoms with Crippen molar-refractivity contribution in [1.29, 1.82) is 0 Å². The number of carbonyl (C=O) groups excluding carboxylic acids is 1. The molecule has 1 aromatic carbocycles. The minimum absolute atomic E-state index is 0.0418. The Morgan fingerprint density at radius 1 is 0.953 bits per heavy atom. The summed E-state index contributed by atoms with van der Waals surface area (Å²) in [6.07, 6.45) is 18.6. The molecule has 2 N–H and O–H groups in total. The lowest BCUT2D eigenvalue weighted by atomic mass is 9.34. The van der Waals surface area contributed by atoms with Gasteiger partial charge in [-0.1, -0.05) is 66.2 Å². The average molecular weight is 589 g/mol. The Kier molecular flexibility index (Phi) is 7.45. The molecule has 0 radical (unpaired) electrons. The molecule has 0 aromatic heterocycles. The van der Waals surface area contributed by atoms with E-state index < -0.39 is 0 Å². The summed E-state index contributed by atoms with van der Waals surface area (Å²) >= 11 is 0. The molecule has 4 heteroatoms. The first-order valence-corrected chi connectivity index (χ1v) is 17.2. The van der Waals surface area contributed by atoms with Crippen molar-refractivity contribution < 1.29 is 19.7 Å². The normalized spacial score (nSPS) is 45.7. The minimum atomic E-state index is -0.358. The SMILES string of the molecule is CC1CCC2(C)C(CCC3(C)C2CC=C2C4CC(C)(COC(=O)/C=C/c5ccc(O)c(O)c5)CCC4(C)CCC23C)C1C. The molecular formula is C39H56O4. The largest absolute Gasteiger partial charge is 0.504 e. The predicted octanol–water partition coefficient (Wildman–Crippen LogP) is 9.70. The van der Waals surface area contributed by atoms with Gasteiger partial charge >= 0.3 is 5.97 Å². The number of phenolic OH excluding ortho intramolecular Hbond substituents is 2. The van der Waals surface area contributed by atoms with Gasteiger partial charge in [0.15, 0.2) is 11.5 Å². The Hall–Kier alpha value is -2.23. The van der Waals surface area contributed by atoms with E-state index >= 15 is 0 Å². The predicted molar refractivity (Wildman–Crippen MR) is 173 cm³/mol. The third-order valence-electron chi connectivity index (χ3n) is 14.9. The van der Waals surface area contributed by atoms with Crippen LogP contribution in [0.2, 0.25) is 0 Å². The fourth-order valence-corrected chi connectivity index (χ4v) is 11.5. The molecule has 10 atom stereocenters. The molecule has 4 saturated carbocycles. The molecule has 0 amide bonds. The van der Waals surface area contributed by atoms with Crippen molar-refractivity contribution in [2.45, 2.75) is 113 Å². The first-order valence-electron chi connectivity index (χ1n) is 17.2. The molecule has 0 bridgehead atoms. The van der Waals surface area contributed by atoms with Crippen LogP contribution in [-0.4, -0.2) is 22.8 Å². The lowest BCUT2D eigenvalue weighted by Crippen LogP contribution is -2.62. The highest BCUT2D eigenvalue weighted by atomic mass is 16.5. The Labute approximate surface area is 260 Å². The zero-order chi connectivity index (χ0) is 31.0. The highest BCUT2D eigenvalue weighted by Crippen LogP contribution is 2.75. The van der Waals surface area contributed by atoms with Gasteiger partial charge < -0.3 is 14.9 Å². The fraction of sp³-hybridized carbons (Fsp3) is 0.718. The second kappa shape index (κ2) is 10.4. The summed E-state index contributed by atoms with van der Waals surface area (Å²) in [4.78, 5) is 12.7. The van der Waals surface area contributed by atoms with Gasteiger partial charge in [0.25, 0.3) is 0 Å². The summed E-state index contributed by atoms with van der Waals surface area (Å²) in [5, 5.41) is 19.3. The standard InChI is InChI=1S/C39H56O4/c1-25-14-16-37(5)28(26(25)2)15-17-39(7)33(37)12-10-29-30-23-35(3,18-19-36(30,4)20-21-38(29,39)6)24-43-34(42)13-9-27-8-11-31(40)32(41)22-27/h8-11,13,22,25-26,28,30,33,40-41H,12,14-21,23-24H2,1-7H3/b13-9+. The van der Waals surface area contributed by atoms with Gasteiger partial charge in [0.2, 0.25) is 0 Å². The lowest BCUT2D eigenvalue weighted by molar-refractivity contribution is -0.172. The maximum atomic E-state index is 12.7. The average Bonchev–Trinajstić information content (AvgIpc) is 2.96. The topological polar surface area (TPSA) is 66.8 Å². The molecule has 0 spiro atoms. The smallest absolute Gasteiger partial charge is 0.330 e. The van der Waals surface area contributed by atoms with Crippen LogP contribution in [0.3, 0.4) is 0 Å². The summed E-state index contributed by atoms with van der Waals surface area (Å²) in [5.41, 5.74) is 3.72. The van der Waals surface area contributed by atoms with Crippen molar-refractivity contribution in [2.24, 2.45) is 56.7 Å². The molecule has 236 valence electrons. The molecule has 1 aromatic rings. The van der Waals surface area contributed by atoms with Gasteiger partial charge in [0, 0.05) is 11.5 Å². The highest BCUT2D eigenvalue weighted by molar-refractivity contribution is 5.87. The molecule has 5 aliphatic carbocycles. The third-order valence-corrected chi connectivity index (χ3v) is 14.9. The molecule has 4 nitrogen and oxygen atoms in total. The minimum Gasteiger partial charge on any atom is -0.504 e. The van der Waals surface area contributed by atoms with E-state index in [1.54, 1.807) is 17.7 Å². The molecule has 0 saturated heterocycles.